The Morgan fingerprint density at radius 3 is 2.59 bits per heavy atom. The van der Waals surface area contributed by atoms with Crippen molar-refractivity contribution in [2.75, 3.05) is 27.2 Å². The van der Waals surface area contributed by atoms with Gasteiger partial charge in [-0.3, -0.25) is 0 Å². The highest BCUT2D eigenvalue weighted by molar-refractivity contribution is 5.89. The van der Waals surface area contributed by atoms with Crippen LogP contribution < -0.4 is 4.74 Å². The van der Waals surface area contributed by atoms with E-state index in [4.69, 9.17) is 4.74 Å². The molecule has 0 spiro atoms. The summed E-state index contributed by atoms with van der Waals surface area (Å²) in [6, 6.07) is 12.6. The van der Waals surface area contributed by atoms with E-state index in [1.54, 1.807) is 0 Å². The van der Waals surface area contributed by atoms with Gasteiger partial charge in [-0.05, 0) is 32.0 Å². The summed E-state index contributed by atoms with van der Waals surface area (Å²) in [5.41, 5.74) is 1.20. The minimum atomic E-state index is 0.724. The lowest BCUT2D eigenvalue weighted by molar-refractivity contribution is 0.262. The Morgan fingerprint density at radius 1 is 1.06 bits per heavy atom. The van der Waals surface area contributed by atoms with Gasteiger partial charge in [0.1, 0.15) is 12.4 Å². The van der Waals surface area contributed by atoms with Gasteiger partial charge in [0.25, 0.3) is 0 Å². The Labute approximate surface area is 103 Å². The van der Waals surface area contributed by atoms with Gasteiger partial charge in [-0.2, -0.15) is 0 Å². The molecule has 2 heteroatoms. The molecule has 0 aromatic heterocycles. The second-order valence-corrected chi connectivity index (χ2v) is 4.58. The molecule has 0 heterocycles. The largest absolute Gasteiger partial charge is 0.491 e. The van der Waals surface area contributed by atoms with Crippen LogP contribution >= 0.6 is 0 Å². The highest BCUT2D eigenvalue weighted by Gasteiger charge is 2.05. The molecule has 0 unspecified atom stereocenters. The van der Waals surface area contributed by atoms with Gasteiger partial charge < -0.3 is 9.64 Å². The van der Waals surface area contributed by atoms with Crippen molar-refractivity contribution in [3.63, 3.8) is 0 Å². The maximum absolute atomic E-state index is 5.92. The first kappa shape index (κ1) is 11.9. The summed E-state index contributed by atoms with van der Waals surface area (Å²) in [5.74, 6) is 1.02. The number of hydrogen-bond donors (Lipinski definition) is 0. The standard InChI is InChI=1S/C15H19NO/c1-12-8-9-13-6-4-5-7-14(13)15(12)17-11-10-16(2)3/h4-9H,10-11H2,1-3H3. The van der Waals surface area contributed by atoms with Gasteiger partial charge >= 0.3 is 0 Å². The zero-order chi connectivity index (χ0) is 12.3. The van der Waals surface area contributed by atoms with Crippen molar-refractivity contribution in [3.05, 3.63) is 42.0 Å². The Hall–Kier alpha value is -1.54. The third kappa shape index (κ3) is 2.77. The van der Waals surface area contributed by atoms with Crippen LogP contribution in [0.5, 0.6) is 5.75 Å². The zero-order valence-electron chi connectivity index (χ0n) is 10.7. The first-order chi connectivity index (χ1) is 8.18. The number of likely N-dealkylation sites (N-methyl/N-ethyl adjacent to an activating group) is 1. The number of hydrogen-bond acceptors (Lipinski definition) is 2. The summed E-state index contributed by atoms with van der Waals surface area (Å²) in [5, 5.41) is 2.43. The highest BCUT2D eigenvalue weighted by Crippen LogP contribution is 2.29. The molecule has 0 aliphatic carbocycles. The van der Waals surface area contributed by atoms with Crippen molar-refractivity contribution in [1.29, 1.82) is 0 Å². The molecule has 2 rings (SSSR count). The Balaban J connectivity index is 2.28. The van der Waals surface area contributed by atoms with Crippen molar-refractivity contribution in [2.45, 2.75) is 6.92 Å². The molecular formula is C15H19NO. The SMILES string of the molecule is Cc1ccc2ccccc2c1OCCN(C)C. The molecule has 0 atom stereocenters. The number of fused-ring (bicyclic) bond motifs is 1. The highest BCUT2D eigenvalue weighted by atomic mass is 16.5. The molecule has 0 aliphatic heterocycles. The van der Waals surface area contributed by atoms with Crippen molar-refractivity contribution in [1.82, 2.24) is 4.90 Å². The topological polar surface area (TPSA) is 12.5 Å². The average molecular weight is 229 g/mol. The Morgan fingerprint density at radius 2 is 1.82 bits per heavy atom. The van der Waals surface area contributed by atoms with Crippen LogP contribution in [0.2, 0.25) is 0 Å². The van der Waals surface area contributed by atoms with E-state index in [2.05, 4.69) is 62.3 Å². The lowest BCUT2D eigenvalue weighted by Gasteiger charge is -2.14. The summed E-state index contributed by atoms with van der Waals surface area (Å²) in [7, 11) is 4.11. The monoisotopic (exact) mass is 229 g/mol. The molecule has 2 aromatic carbocycles. The van der Waals surface area contributed by atoms with Gasteiger partial charge in [-0.1, -0.05) is 36.4 Å². The molecular weight excluding hydrogens is 210 g/mol. The van der Waals surface area contributed by atoms with Gasteiger partial charge in [0.05, 0.1) is 0 Å². The minimum absolute atomic E-state index is 0.724. The lowest BCUT2D eigenvalue weighted by atomic mass is 10.1. The van der Waals surface area contributed by atoms with E-state index in [1.165, 1.54) is 16.3 Å². The quantitative estimate of drug-likeness (QED) is 0.799. The first-order valence-electron chi connectivity index (χ1n) is 5.94. The fourth-order valence-electron chi connectivity index (χ4n) is 1.87. The number of ether oxygens (including phenoxy) is 1. The molecule has 0 N–H and O–H groups in total. The predicted molar refractivity (Wildman–Crippen MR) is 72.7 cm³/mol. The fraction of sp³-hybridized carbons (Fsp3) is 0.333. The molecule has 0 radical (unpaired) electrons. The summed E-state index contributed by atoms with van der Waals surface area (Å²) in [4.78, 5) is 2.13. The maximum Gasteiger partial charge on any atom is 0.130 e. The fourth-order valence-corrected chi connectivity index (χ4v) is 1.87. The second kappa shape index (κ2) is 5.19. The molecule has 0 aliphatic rings. The van der Waals surface area contributed by atoms with E-state index in [0.717, 1.165) is 18.9 Å². The molecule has 2 nitrogen and oxygen atoms in total. The van der Waals surface area contributed by atoms with Gasteiger partial charge in [0.15, 0.2) is 0 Å². The van der Waals surface area contributed by atoms with Crippen LogP contribution in [0.4, 0.5) is 0 Å². The second-order valence-electron chi connectivity index (χ2n) is 4.58. The molecule has 0 fully saturated rings. The van der Waals surface area contributed by atoms with Crippen LogP contribution in [0.25, 0.3) is 10.8 Å². The number of benzene rings is 2. The van der Waals surface area contributed by atoms with Crippen molar-refractivity contribution < 1.29 is 4.74 Å². The predicted octanol–water partition coefficient (Wildman–Crippen LogP) is 3.09. The van der Waals surface area contributed by atoms with Crippen LogP contribution in [0.3, 0.4) is 0 Å². The van der Waals surface area contributed by atoms with Crippen LogP contribution in [0.1, 0.15) is 5.56 Å². The lowest BCUT2D eigenvalue weighted by Crippen LogP contribution is -2.19. The smallest absolute Gasteiger partial charge is 0.130 e. The number of nitrogens with zero attached hydrogens (tertiary/aromatic N) is 1. The van der Waals surface area contributed by atoms with Crippen LogP contribution in [-0.4, -0.2) is 32.1 Å². The Kier molecular flexibility index (Phi) is 3.64. The third-order valence-corrected chi connectivity index (χ3v) is 2.86. The third-order valence-electron chi connectivity index (χ3n) is 2.86. The first-order valence-corrected chi connectivity index (χ1v) is 5.94. The minimum Gasteiger partial charge on any atom is -0.491 e. The van der Waals surface area contributed by atoms with Crippen LogP contribution in [-0.2, 0) is 0 Å². The van der Waals surface area contributed by atoms with E-state index < -0.39 is 0 Å². The van der Waals surface area contributed by atoms with Crippen molar-refractivity contribution in [3.8, 4) is 5.75 Å². The number of rotatable bonds is 4. The van der Waals surface area contributed by atoms with E-state index in [0.29, 0.717) is 0 Å². The average Bonchev–Trinajstić information content (AvgIpc) is 2.32. The van der Waals surface area contributed by atoms with E-state index >= 15 is 0 Å². The molecule has 90 valence electrons. The van der Waals surface area contributed by atoms with Gasteiger partial charge in [-0.25, -0.2) is 0 Å². The Bertz CT molecular complexity index is 505. The molecule has 0 saturated heterocycles. The zero-order valence-corrected chi connectivity index (χ0v) is 10.7. The van der Waals surface area contributed by atoms with Gasteiger partial charge in [0.2, 0.25) is 0 Å². The van der Waals surface area contributed by atoms with E-state index in [-0.39, 0.29) is 0 Å². The molecule has 0 bridgehead atoms. The summed E-state index contributed by atoms with van der Waals surface area (Å²) < 4.78 is 5.92. The number of aryl methyl sites for hydroxylation is 1. The summed E-state index contributed by atoms with van der Waals surface area (Å²) >= 11 is 0. The van der Waals surface area contributed by atoms with Crippen molar-refractivity contribution in [2.24, 2.45) is 0 Å². The van der Waals surface area contributed by atoms with E-state index in [1.807, 2.05) is 0 Å². The molecule has 0 amide bonds. The maximum atomic E-state index is 5.92. The molecule has 0 saturated carbocycles. The molecule has 17 heavy (non-hydrogen) atoms. The van der Waals surface area contributed by atoms with Gasteiger partial charge in [0, 0.05) is 11.9 Å². The van der Waals surface area contributed by atoms with Crippen molar-refractivity contribution >= 4 is 10.8 Å². The summed E-state index contributed by atoms with van der Waals surface area (Å²) in [6.07, 6.45) is 0. The summed E-state index contributed by atoms with van der Waals surface area (Å²) in [6.45, 7) is 3.75. The van der Waals surface area contributed by atoms with Crippen LogP contribution in [0, 0.1) is 6.92 Å². The van der Waals surface area contributed by atoms with Gasteiger partial charge in [-0.15, -0.1) is 0 Å². The normalized spacial score (nSPS) is 11.1. The van der Waals surface area contributed by atoms with Crippen LogP contribution in [0.15, 0.2) is 36.4 Å². The van der Waals surface area contributed by atoms with E-state index in [9.17, 15) is 0 Å². The molecule has 2 aromatic rings.